The topological polar surface area (TPSA) is 86.1 Å². The van der Waals surface area contributed by atoms with E-state index in [1.54, 1.807) is 11.0 Å². The van der Waals surface area contributed by atoms with Crippen LogP contribution in [0.15, 0.2) is 47.3 Å². The smallest absolute Gasteiger partial charge is 0.325 e. The normalized spacial score (nSPS) is 21.4. The van der Waals surface area contributed by atoms with E-state index in [9.17, 15) is 14.4 Å². The lowest BCUT2D eigenvalue weighted by molar-refractivity contribution is -0.134. The molecule has 182 valence electrons. The maximum absolute atomic E-state index is 13.9. The van der Waals surface area contributed by atoms with Gasteiger partial charge in [-0.15, -0.1) is 0 Å². The van der Waals surface area contributed by atoms with Gasteiger partial charge in [0.05, 0.1) is 11.8 Å². The first-order valence-corrected chi connectivity index (χ1v) is 12.0. The van der Waals surface area contributed by atoms with Crippen LogP contribution in [0.5, 0.6) is 0 Å². The molecule has 34 heavy (non-hydrogen) atoms. The molecular weight excluding hydrogens is 432 g/mol. The Morgan fingerprint density at radius 1 is 1.18 bits per heavy atom. The van der Waals surface area contributed by atoms with Gasteiger partial charge in [-0.1, -0.05) is 24.3 Å². The Labute approximate surface area is 200 Å². The van der Waals surface area contributed by atoms with Crippen molar-refractivity contribution < 1.29 is 18.8 Å². The van der Waals surface area contributed by atoms with Gasteiger partial charge in [-0.2, -0.15) is 0 Å². The number of aryl methyl sites for hydroxylation is 1. The van der Waals surface area contributed by atoms with Crippen LogP contribution in [0.3, 0.4) is 0 Å². The lowest BCUT2D eigenvalue weighted by Crippen LogP contribution is -2.58. The van der Waals surface area contributed by atoms with Crippen LogP contribution in [0, 0.1) is 12.8 Å². The van der Waals surface area contributed by atoms with E-state index in [2.05, 4.69) is 5.32 Å². The zero-order valence-corrected chi connectivity index (χ0v) is 20.3. The van der Waals surface area contributed by atoms with Crippen molar-refractivity contribution in [3.63, 3.8) is 0 Å². The first kappa shape index (κ1) is 24.0. The average molecular weight is 467 g/mol. The Kier molecular flexibility index (Phi) is 7.07. The van der Waals surface area contributed by atoms with Gasteiger partial charge < -0.3 is 19.5 Å². The minimum atomic E-state index is -0.994. The molecule has 2 saturated heterocycles. The van der Waals surface area contributed by atoms with E-state index in [0.29, 0.717) is 44.5 Å². The maximum Gasteiger partial charge on any atom is 0.325 e. The highest BCUT2D eigenvalue weighted by Crippen LogP contribution is 2.37. The molecule has 1 aromatic heterocycles. The minimum absolute atomic E-state index is 0.0594. The number of likely N-dealkylation sites (tertiary alicyclic amines) is 1. The highest BCUT2D eigenvalue weighted by atomic mass is 16.3. The van der Waals surface area contributed by atoms with Crippen molar-refractivity contribution in [2.24, 2.45) is 5.92 Å². The van der Waals surface area contributed by atoms with Crippen molar-refractivity contribution in [2.75, 3.05) is 40.3 Å². The van der Waals surface area contributed by atoms with Gasteiger partial charge in [0.15, 0.2) is 0 Å². The molecule has 0 aliphatic carbocycles. The SMILES string of the molecule is Cc1ccccc1C[C@@]1(C2CCN(C(=O)c3ccoc3)CC2)NC(=O)N(CCCN(C)C)C1=O. The molecule has 3 heterocycles. The van der Waals surface area contributed by atoms with E-state index in [1.165, 1.54) is 17.4 Å². The lowest BCUT2D eigenvalue weighted by atomic mass is 9.73. The van der Waals surface area contributed by atoms with Crippen LogP contribution < -0.4 is 5.32 Å². The number of amides is 4. The molecule has 0 saturated carbocycles. The molecule has 1 atom stereocenters. The summed E-state index contributed by atoms with van der Waals surface area (Å²) in [5, 5.41) is 3.13. The maximum atomic E-state index is 13.9. The van der Waals surface area contributed by atoms with Gasteiger partial charge in [-0.05, 0) is 69.9 Å². The molecule has 2 aliphatic rings. The van der Waals surface area contributed by atoms with Crippen LogP contribution in [-0.2, 0) is 11.2 Å². The summed E-state index contributed by atoms with van der Waals surface area (Å²) in [4.78, 5) is 44.9. The highest BCUT2D eigenvalue weighted by Gasteiger charge is 2.56. The van der Waals surface area contributed by atoms with E-state index in [-0.39, 0.29) is 23.8 Å². The summed E-state index contributed by atoms with van der Waals surface area (Å²) in [6, 6.07) is 9.37. The van der Waals surface area contributed by atoms with Crippen LogP contribution in [-0.4, -0.2) is 78.4 Å². The molecule has 2 aromatic rings. The molecule has 0 unspecified atom stereocenters. The number of hydrogen-bond donors (Lipinski definition) is 1. The van der Waals surface area contributed by atoms with E-state index in [1.807, 2.05) is 50.2 Å². The molecule has 0 radical (unpaired) electrons. The number of urea groups is 1. The molecular formula is C26H34N4O4. The van der Waals surface area contributed by atoms with Gasteiger partial charge in [0.25, 0.3) is 11.8 Å². The number of nitrogens with one attached hydrogen (secondary N) is 1. The van der Waals surface area contributed by atoms with Gasteiger partial charge in [0.1, 0.15) is 11.8 Å². The predicted octanol–water partition coefficient (Wildman–Crippen LogP) is 2.93. The fourth-order valence-electron chi connectivity index (χ4n) is 5.19. The second-order valence-electron chi connectivity index (χ2n) is 9.70. The number of rotatable bonds is 8. The van der Waals surface area contributed by atoms with Crippen LogP contribution >= 0.6 is 0 Å². The Morgan fingerprint density at radius 2 is 1.91 bits per heavy atom. The van der Waals surface area contributed by atoms with E-state index < -0.39 is 5.54 Å². The third-order valence-corrected chi connectivity index (χ3v) is 7.17. The van der Waals surface area contributed by atoms with Crippen LogP contribution in [0.1, 0.15) is 40.7 Å². The molecule has 8 heteroatoms. The Bertz CT molecular complexity index is 1030. The van der Waals surface area contributed by atoms with Crippen molar-refractivity contribution >= 4 is 17.8 Å². The summed E-state index contributed by atoms with van der Waals surface area (Å²) in [5.41, 5.74) is 1.70. The molecule has 1 aromatic carbocycles. The summed E-state index contributed by atoms with van der Waals surface area (Å²) in [5.74, 6) is -0.262. The molecule has 4 rings (SSSR count). The Hall–Kier alpha value is -3.13. The van der Waals surface area contributed by atoms with Crippen molar-refractivity contribution in [3.8, 4) is 0 Å². The van der Waals surface area contributed by atoms with Gasteiger partial charge in [-0.3, -0.25) is 14.5 Å². The summed E-state index contributed by atoms with van der Waals surface area (Å²) >= 11 is 0. The predicted molar refractivity (Wildman–Crippen MR) is 128 cm³/mol. The molecule has 1 N–H and O–H groups in total. The van der Waals surface area contributed by atoms with E-state index in [0.717, 1.165) is 24.1 Å². The van der Waals surface area contributed by atoms with Gasteiger partial charge in [0.2, 0.25) is 0 Å². The molecule has 8 nitrogen and oxygen atoms in total. The molecule has 2 fully saturated rings. The molecule has 0 spiro atoms. The standard InChI is InChI=1S/C26H34N4O4/c1-19-7-4-5-8-20(19)17-26(24(32)30(25(33)27-26)13-6-12-28(2)3)22-9-14-29(15-10-22)23(31)21-11-16-34-18-21/h4-5,7-8,11,16,18,22H,6,9-10,12-15,17H2,1-3H3,(H,27,33)/t26-/m0/s1. The second kappa shape index (κ2) is 10.0. The van der Waals surface area contributed by atoms with Gasteiger partial charge in [-0.25, -0.2) is 4.79 Å². The first-order valence-electron chi connectivity index (χ1n) is 12.0. The third-order valence-electron chi connectivity index (χ3n) is 7.17. The van der Waals surface area contributed by atoms with Crippen LogP contribution in [0.4, 0.5) is 4.79 Å². The van der Waals surface area contributed by atoms with Crippen molar-refractivity contribution in [1.82, 2.24) is 20.0 Å². The molecule has 4 amide bonds. The minimum Gasteiger partial charge on any atom is -0.472 e. The number of benzene rings is 1. The number of carbonyl (C=O) groups is 3. The number of carbonyl (C=O) groups excluding carboxylic acids is 3. The van der Waals surface area contributed by atoms with Crippen molar-refractivity contribution in [2.45, 2.75) is 38.1 Å². The largest absolute Gasteiger partial charge is 0.472 e. The van der Waals surface area contributed by atoms with Gasteiger partial charge in [0, 0.05) is 26.1 Å². The molecule has 2 aliphatic heterocycles. The number of hydrogen-bond acceptors (Lipinski definition) is 5. The van der Waals surface area contributed by atoms with Gasteiger partial charge >= 0.3 is 6.03 Å². The summed E-state index contributed by atoms with van der Waals surface area (Å²) < 4.78 is 5.06. The number of imide groups is 1. The third kappa shape index (κ3) is 4.73. The van der Waals surface area contributed by atoms with Crippen molar-refractivity contribution in [1.29, 1.82) is 0 Å². The average Bonchev–Trinajstić information content (AvgIpc) is 3.44. The zero-order chi connectivity index (χ0) is 24.3. The first-order chi connectivity index (χ1) is 16.3. The van der Waals surface area contributed by atoms with Crippen LogP contribution in [0.2, 0.25) is 0 Å². The Morgan fingerprint density at radius 3 is 2.56 bits per heavy atom. The number of furan rings is 1. The fraction of sp³-hybridized carbons (Fsp3) is 0.500. The van der Waals surface area contributed by atoms with Crippen LogP contribution in [0.25, 0.3) is 0 Å². The molecule has 0 bridgehead atoms. The lowest BCUT2D eigenvalue weighted by Gasteiger charge is -2.41. The number of nitrogens with zero attached hydrogens (tertiary/aromatic N) is 3. The zero-order valence-electron chi connectivity index (χ0n) is 20.3. The van der Waals surface area contributed by atoms with E-state index >= 15 is 0 Å². The second-order valence-corrected chi connectivity index (χ2v) is 9.70. The fourth-order valence-corrected chi connectivity index (χ4v) is 5.19. The quantitative estimate of drug-likeness (QED) is 0.605. The monoisotopic (exact) mass is 466 g/mol. The van der Waals surface area contributed by atoms with Crippen molar-refractivity contribution in [3.05, 3.63) is 59.5 Å². The number of piperidine rings is 1. The summed E-state index contributed by atoms with van der Waals surface area (Å²) in [6.45, 7) is 4.31. The highest BCUT2D eigenvalue weighted by molar-refractivity contribution is 6.07. The summed E-state index contributed by atoms with van der Waals surface area (Å²) in [7, 11) is 3.96. The van der Waals surface area contributed by atoms with E-state index in [4.69, 9.17) is 4.42 Å². The Balaban J connectivity index is 1.55. The summed E-state index contributed by atoms with van der Waals surface area (Å²) in [6.07, 6.45) is 5.42.